The zero-order chi connectivity index (χ0) is 19.3. The van der Waals surface area contributed by atoms with Crippen molar-refractivity contribution in [1.82, 2.24) is 5.32 Å². The van der Waals surface area contributed by atoms with Gasteiger partial charge in [0.15, 0.2) is 0 Å². The lowest BCUT2D eigenvalue weighted by Crippen LogP contribution is -3.12. The summed E-state index contributed by atoms with van der Waals surface area (Å²) in [5.41, 5.74) is 2.19. The van der Waals surface area contributed by atoms with Crippen molar-refractivity contribution >= 4 is 16.7 Å². The number of hydrogen-bond acceptors (Lipinski definition) is 3. The predicted octanol–water partition coefficient (Wildman–Crippen LogP) is 1.89. The third kappa shape index (κ3) is 4.01. The molecule has 0 aromatic heterocycles. The molecule has 1 aliphatic rings. The lowest BCUT2D eigenvalue weighted by Gasteiger charge is -2.25. The molecule has 0 radical (unpaired) electrons. The van der Waals surface area contributed by atoms with Crippen LogP contribution in [0.2, 0.25) is 0 Å². The van der Waals surface area contributed by atoms with E-state index in [1.807, 2.05) is 54.6 Å². The second-order valence-electron chi connectivity index (χ2n) is 7.18. The standard InChI is InChI=1S/C23H24N2O3/c26-22-20(23(27)24-15-17-6-2-1-3-7-17)14-18-8-4-5-9-19(18)21(22)16-25-10-12-28-13-11-25/h1-9,14,26H,10-13,15-16H2,(H,24,27)/p+1. The number of benzene rings is 3. The molecule has 1 aliphatic heterocycles. The monoisotopic (exact) mass is 377 g/mol. The van der Waals surface area contributed by atoms with Gasteiger partial charge in [-0.15, -0.1) is 0 Å². The molecule has 3 aromatic rings. The SMILES string of the molecule is O=C(NCc1ccccc1)c1cc2ccccc2c(C[NH+]2CCOCC2)c1O. The molecule has 0 aliphatic carbocycles. The van der Waals surface area contributed by atoms with Crippen molar-refractivity contribution < 1.29 is 19.5 Å². The maximum Gasteiger partial charge on any atom is 0.255 e. The number of phenols is 1. The predicted molar refractivity (Wildman–Crippen MR) is 108 cm³/mol. The van der Waals surface area contributed by atoms with Crippen molar-refractivity contribution in [3.05, 3.63) is 77.4 Å². The lowest BCUT2D eigenvalue weighted by atomic mass is 9.98. The first-order valence-corrected chi connectivity index (χ1v) is 9.69. The zero-order valence-electron chi connectivity index (χ0n) is 15.8. The average molecular weight is 377 g/mol. The summed E-state index contributed by atoms with van der Waals surface area (Å²) in [4.78, 5) is 14.2. The van der Waals surface area contributed by atoms with E-state index in [0.717, 1.165) is 48.2 Å². The number of hydrogen-bond donors (Lipinski definition) is 3. The first kappa shape index (κ1) is 18.5. The molecule has 28 heavy (non-hydrogen) atoms. The van der Waals surface area contributed by atoms with Crippen LogP contribution >= 0.6 is 0 Å². The Balaban J connectivity index is 1.64. The van der Waals surface area contributed by atoms with Crippen molar-refractivity contribution in [3.63, 3.8) is 0 Å². The minimum atomic E-state index is -0.259. The minimum Gasteiger partial charge on any atom is -0.507 e. The van der Waals surface area contributed by atoms with Gasteiger partial charge in [-0.3, -0.25) is 4.79 Å². The highest BCUT2D eigenvalue weighted by Gasteiger charge is 2.22. The van der Waals surface area contributed by atoms with Gasteiger partial charge in [0, 0.05) is 6.54 Å². The molecular weight excluding hydrogens is 352 g/mol. The van der Waals surface area contributed by atoms with Crippen LogP contribution in [0, 0.1) is 0 Å². The molecule has 1 fully saturated rings. The number of aromatic hydroxyl groups is 1. The highest BCUT2D eigenvalue weighted by Crippen LogP contribution is 2.31. The summed E-state index contributed by atoms with van der Waals surface area (Å²) in [6.45, 7) is 4.36. The van der Waals surface area contributed by atoms with Gasteiger partial charge in [0.25, 0.3) is 5.91 Å². The van der Waals surface area contributed by atoms with Gasteiger partial charge in [-0.25, -0.2) is 0 Å². The van der Waals surface area contributed by atoms with E-state index in [4.69, 9.17) is 4.74 Å². The second kappa shape index (κ2) is 8.42. The largest absolute Gasteiger partial charge is 0.507 e. The topological polar surface area (TPSA) is 63.0 Å². The van der Waals surface area contributed by atoms with Crippen LogP contribution in [-0.4, -0.2) is 37.3 Å². The number of nitrogens with one attached hydrogen (secondary N) is 2. The summed E-state index contributed by atoms with van der Waals surface area (Å²) in [5.74, 6) is -0.173. The molecule has 3 aromatic carbocycles. The number of carbonyl (C=O) groups excluding carboxylic acids is 1. The van der Waals surface area contributed by atoms with Crippen LogP contribution < -0.4 is 10.2 Å². The number of fused-ring (bicyclic) bond motifs is 1. The molecule has 1 amide bonds. The van der Waals surface area contributed by atoms with Gasteiger partial charge in [0.05, 0.1) is 24.3 Å². The normalized spacial score (nSPS) is 14.9. The van der Waals surface area contributed by atoms with E-state index in [2.05, 4.69) is 5.32 Å². The van der Waals surface area contributed by atoms with E-state index >= 15 is 0 Å². The second-order valence-corrected chi connectivity index (χ2v) is 7.18. The highest BCUT2D eigenvalue weighted by molar-refractivity contribution is 6.03. The van der Waals surface area contributed by atoms with Crippen LogP contribution in [0.25, 0.3) is 10.8 Å². The minimum absolute atomic E-state index is 0.0863. The van der Waals surface area contributed by atoms with E-state index in [1.165, 1.54) is 4.90 Å². The Kier molecular flexibility index (Phi) is 5.55. The van der Waals surface area contributed by atoms with Gasteiger partial charge in [0.1, 0.15) is 25.4 Å². The molecule has 144 valence electrons. The van der Waals surface area contributed by atoms with Gasteiger partial charge < -0.3 is 20.1 Å². The number of rotatable bonds is 5. The van der Waals surface area contributed by atoms with Crippen LogP contribution in [-0.2, 0) is 17.8 Å². The first-order chi connectivity index (χ1) is 13.7. The van der Waals surface area contributed by atoms with Gasteiger partial charge >= 0.3 is 0 Å². The van der Waals surface area contributed by atoms with E-state index in [9.17, 15) is 9.90 Å². The van der Waals surface area contributed by atoms with E-state index < -0.39 is 0 Å². The molecule has 0 saturated carbocycles. The Labute approximate surface area is 164 Å². The quantitative estimate of drug-likeness (QED) is 0.636. The molecule has 0 spiro atoms. The maximum atomic E-state index is 12.8. The number of phenolic OH excluding ortho intramolecular Hbond substituents is 1. The number of ether oxygens (including phenoxy) is 1. The molecule has 5 heteroatoms. The summed E-state index contributed by atoms with van der Waals surface area (Å²) in [5, 5.41) is 15.9. The van der Waals surface area contributed by atoms with Crippen LogP contribution in [0.1, 0.15) is 21.5 Å². The zero-order valence-corrected chi connectivity index (χ0v) is 15.8. The smallest absolute Gasteiger partial charge is 0.255 e. The summed E-state index contributed by atoms with van der Waals surface area (Å²) < 4.78 is 5.44. The molecule has 0 atom stereocenters. The number of morpholine rings is 1. The summed E-state index contributed by atoms with van der Waals surface area (Å²) in [6.07, 6.45) is 0. The molecule has 3 N–H and O–H groups in total. The number of quaternary nitrogens is 1. The Morgan fingerprint density at radius 2 is 1.75 bits per heavy atom. The van der Waals surface area contributed by atoms with Crippen molar-refractivity contribution in [3.8, 4) is 5.75 Å². The fraction of sp³-hybridized carbons (Fsp3) is 0.261. The molecule has 0 unspecified atom stereocenters. The Morgan fingerprint density at radius 3 is 2.54 bits per heavy atom. The molecule has 0 bridgehead atoms. The van der Waals surface area contributed by atoms with Gasteiger partial charge in [-0.05, 0) is 22.4 Å². The van der Waals surface area contributed by atoms with Crippen LogP contribution in [0.4, 0.5) is 0 Å². The van der Waals surface area contributed by atoms with Gasteiger partial charge in [-0.1, -0.05) is 54.6 Å². The molecule has 4 rings (SSSR count). The van der Waals surface area contributed by atoms with E-state index in [-0.39, 0.29) is 11.7 Å². The van der Waals surface area contributed by atoms with Crippen LogP contribution in [0.3, 0.4) is 0 Å². The van der Waals surface area contributed by atoms with Gasteiger partial charge in [0.2, 0.25) is 0 Å². The van der Waals surface area contributed by atoms with Crippen molar-refractivity contribution in [2.24, 2.45) is 0 Å². The first-order valence-electron chi connectivity index (χ1n) is 9.69. The molecular formula is C23H25N2O3+. The Hall–Kier alpha value is -2.89. The summed E-state index contributed by atoms with van der Waals surface area (Å²) in [7, 11) is 0. The molecule has 5 nitrogen and oxygen atoms in total. The molecule has 1 saturated heterocycles. The van der Waals surface area contributed by atoms with Gasteiger partial charge in [-0.2, -0.15) is 0 Å². The third-order valence-corrected chi connectivity index (χ3v) is 5.29. The average Bonchev–Trinajstić information content (AvgIpc) is 2.75. The lowest BCUT2D eigenvalue weighted by molar-refractivity contribution is -0.921. The Morgan fingerprint density at radius 1 is 1.04 bits per heavy atom. The van der Waals surface area contributed by atoms with Crippen LogP contribution in [0.15, 0.2) is 60.7 Å². The van der Waals surface area contributed by atoms with E-state index in [1.54, 1.807) is 6.07 Å². The molecule has 1 heterocycles. The van der Waals surface area contributed by atoms with Crippen molar-refractivity contribution in [1.29, 1.82) is 0 Å². The van der Waals surface area contributed by atoms with Crippen molar-refractivity contribution in [2.75, 3.05) is 26.3 Å². The highest BCUT2D eigenvalue weighted by atomic mass is 16.5. The Bertz CT molecular complexity index is 966. The number of amides is 1. The fourth-order valence-corrected chi connectivity index (χ4v) is 3.72. The fourth-order valence-electron chi connectivity index (χ4n) is 3.72. The maximum absolute atomic E-state index is 12.8. The van der Waals surface area contributed by atoms with Crippen molar-refractivity contribution in [2.45, 2.75) is 13.1 Å². The summed E-state index contributed by atoms with van der Waals surface area (Å²) in [6, 6.07) is 19.5. The third-order valence-electron chi connectivity index (χ3n) is 5.29. The number of carbonyl (C=O) groups is 1. The summed E-state index contributed by atoms with van der Waals surface area (Å²) >= 11 is 0. The van der Waals surface area contributed by atoms with E-state index in [0.29, 0.717) is 18.7 Å². The van der Waals surface area contributed by atoms with Crippen LogP contribution in [0.5, 0.6) is 5.75 Å².